The van der Waals surface area contributed by atoms with E-state index in [2.05, 4.69) is 10.6 Å². The van der Waals surface area contributed by atoms with Gasteiger partial charge in [-0.05, 0) is 29.8 Å². The highest BCUT2D eigenvalue weighted by molar-refractivity contribution is 6.32. The molecule has 27 heavy (non-hydrogen) atoms. The molecule has 1 atom stereocenters. The third-order valence-electron chi connectivity index (χ3n) is 4.61. The van der Waals surface area contributed by atoms with Gasteiger partial charge in [0, 0.05) is 17.0 Å². The molecule has 0 bridgehead atoms. The van der Waals surface area contributed by atoms with E-state index in [1.54, 1.807) is 0 Å². The van der Waals surface area contributed by atoms with Crippen LogP contribution in [-0.2, 0) is 16.9 Å². The molecule has 3 amide bonds. The lowest BCUT2D eigenvalue weighted by atomic mass is 9.89. The second-order valence-corrected chi connectivity index (χ2v) is 6.70. The molecule has 1 aliphatic heterocycles. The fourth-order valence-corrected chi connectivity index (χ4v) is 3.43. The molecule has 0 aliphatic carbocycles. The summed E-state index contributed by atoms with van der Waals surface area (Å²) in [6, 6.07) is 7.23. The van der Waals surface area contributed by atoms with Gasteiger partial charge in [-0.3, -0.25) is 10.1 Å². The maximum absolute atomic E-state index is 13.3. The lowest BCUT2D eigenvalue weighted by Crippen LogP contribution is -2.47. The van der Waals surface area contributed by atoms with E-state index in [4.69, 9.17) is 11.6 Å². The van der Waals surface area contributed by atoms with Crippen molar-refractivity contribution in [1.29, 1.82) is 0 Å². The lowest BCUT2D eigenvalue weighted by Gasteiger charge is -2.27. The minimum absolute atomic E-state index is 0.0655. The number of hydrogen-bond acceptors (Lipinski definition) is 4. The quantitative estimate of drug-likeness (QED) is 0.517. The lowest BCUT2D eigenvalue weighted by molar-refractivity contribution is -0.124. The number of benzene rings is 2. The van der Waals surface area contributed by atoms with Crippen LogP contribution in [0, 0.1) is 5.82 Å². The molecule has 4 N–H and O–H groups in total. The van der Waals surface area contributed by atoms with Gasteiger partial charge in [0.05, 0.1) is 11.6 Å². The second-order valence-electron chi connectivity index (χ2n) is 6.29. The molecule has 3 aromatic rings. The average molecular weight is 390 g/mol. The fraction of sp³-hybridized carbons (Fsp3) is 0.111. The predicted octanol–water partition coefficient (Wildman–Crippen LogP) is 2.58. The van der Waals surface area contributed by atoms with Crippen LogP contribution >= 0.6 is 11.6 Å². The Balaban J connectivity index is 1.85. The van der Waals surface area contributed by atoms with Crippen molar-refractivity contribution in [3.05, 3.63) is 59.0 Å². The van der Waals surface area contributed by atoms with Crippen LogP contribution in [0.1, 0.15) is 5.56 Å². The van der Waals surface area contributed by atoms with Crippen molar-refractivity contribution in [2.24, 2.45) is 0 Å². The van der Waals surface area contributed by atoms with Gasteiger partial charge in [0.1, 0.15) is 11.6 Å². The summed E-state index contributed by atoms with van der Waals surface area (Å²) in [4.78, 5) is 24.4. The Morgan fingerprint density at radius 1 is 1.15 bits per heavy atom. The number of phenols is 1. The van der Waals surface area contributed by atoms with Gasteiger partial charge >= 0.3 is 6.03 Å². The third kappa shape index (κ3) is 2.65. The van der Waals surface area contributed by atoms with Gasteiger partial charge in [0.2, 0.25) is 0 Å². The van der Waals surface area contributed by atoms with Crippen molar-refractivity contribution in [2.75, 3.05) is 0 Å². The molecular formula is C18H13ClFN3O4. The Labute approximate surface area is 157 Å². The summed E-state index contributed by atoms with van der Waals surface area (Å²) in [6.45, 7) is -0.158. The van der Waals surface area contributed by atoms with Crippen molar-refractivity contribution in [3.63, 3.8) is 0 Å². The molecule has 1 aliphatic rings. The minimum Gasteiger partial charge on any atom is -0.506 e. The number of phenolic OH excluding ortho intramolecular Hbond substituents is 1. The first-order valence-corrected chi connectivity index (χ1v) is 8.28. The monoisotopic (exact) mass is 389 g/mol. The van der Waals surface area contributed by atoms with Gasteiger partial charge in [0.25, 0.3) is 5.91 Å². The minimum atomic E-state index is -1.54. The number of aromatic nitrogens is 1. The number of fused-ring (bicyclic) bond motifs is 1. The molecule has 0 radical (unpaired) electrons. The molecule has 1 fully saturated rings. The molecule has 1 aromatic heterocycles. The number of halogens is 2. The van der Waals surface area contributed by atoms with E-state index in [9.17, 15) is 24.2 Å². The molecule has 0 spiro atoms. The van der Waals surface area contributed by atoms with Crippen LogP contribution in [0.2, 0.25) is 5.02 Å². The Hall–Kier alpha value is -3.26. The third-order valence-corrected chi connectivity index (χ3v) is 4.92. The highest BCUT2D eigenvalue weighted by Crippen LogP contribution is 2.37. The molecule has 2 aromatic carbocycles. The Morgan fingerprint density at radius 3 is 2.48 bits per heavy atom. The first kappa shape index (κ1) is 17.2. The number of nitrogens with zero attached hydrogens (tertiary/aromatic N) is 1. The Bertz CT molecular complexity index is 1100. The number of imide groups is 1. The standard InChI is InChI=1S/C18H13ClFN3O4/c19-13-6-12-9(5-14(13)24)7-23(15(12)25)8-18(16(26)21-17(27)22-18)10-1-3-11(20)4-2-10/h1-7,24-25H,8H2,(H2,21,22,26,27). The van der Waals surface area contributed by atoms with Crippen LogP contribution in [0.15, 0.2) is 42.6 Å². The van der Waals surface area contributed by atoms with E-state index in [1.807, 2.05) is 0 Å². The van der Waals surface area contributed by atoms with Gasteiger partial charge in [-0.25, -0.2) is 9.18 Å². The van der Waals surface area contributed by atoms with Gasteiger partial charge in [0.15, 0.2) is 11.4 Å². The molecular weight excluding hydrogens is 377 g/mol. The SMILES string of the molecule is O=C1NC(=O)C(Cn2cc3cc(O)c(Cl)cc3c2O)(c2ccc(F)cc2)N1. The van der Waals surface area contributed by atoms with Gasteiger partial charge in [-0.15, -0.1) is 0 Å². The highest BCUT2D eigenvalue weighted by Gasteiger charge is 2.48. The summed E-state index contributed by atoms with van der Waals surface area (Å²) < 4.78 is 14.7. The van der Waals surface area contributed by atoms with Crippen LogP contribution in [0.4, 0.5) is 9.18 Å². The average Bonchev–Trinajstić information content (AvgIpc) is 3.06. The van der Waals surface area contributed by atoms with Crippen molar-refractivity contribution in [2.45, 2.75) is 12.1 Å². The number of urea groups is 1. The smallest absolute Gasteiger partial charge is 0.322 e. The maximum Gasteiger partial charge on any atom is 0.322 e. The molecule has 4 rings (SSSR count). The van der Waals surface area contributed by atoms with Crippen LogP contribution < -0.4 is 10.6 Å². The fourth-order valence-electron chi connectivity index (χ4n) is 3.27. The van der Waals surface area contributed by atoms with Crippen molar-refractivity contribution < 1.29 is 24.2 Å². The zero-order valence-corrected chi connectivity index (χ0v) is 14.4. The van der Waals surface area contributed by atoms with Crippen LogP contribution in [0.25, 0.3) is 10.8 Å². The molecule has 1 saturated heterocycles. The molecule has 9 heteroatoms. The van der Waals surface area contributed by atoms with Crippen molar-refractivity contribution >= 4 is 34.3 Å². The van der Waals surface area contributed by atoms with Gasteiger partial charge in [-0.1, -0.05) is 23.7 Å². The summed E-state index contributed by atoms with van der Waals surface area (Å²) in [5.41, 5.74) is -1.19. The number of hydrogen-bond donors (Lipinski definition) is 4. The van der Waals surface area contributed by atoms with Gasteiger partial charge in [-0.2, -0.15) is 0 Å². The van der Waals surface area contributed by atoms with E-state index in [0.29, 0.717) is 16.3 Å². The Kier molecular flexibility index (Phi) is 3.74. The number of carbonyl (C=O) groups is 2. The Morgan fingerprint density at radius 2 is 1.85 bits per heavy atom. The zero-order chi connectivity index (χ0) is 19.3. The summed E-state index contributed by atoms with van der Waals surface area (Å²) in [5.74, 6) is -1.46. The number of nitrogens with one attached hydrogen (secondary N) is 2. The first-order chi connectivity index (χ1) is 12.8. The summed E-state index contributed by atoms with van der Waals surface area (Å²) >= 11 is 5.89. The van der Waals surface area contributed by atoms with E-state index >= 15 is 0 Å². The zero-order valence-electron chi connectivity index (χ0n) is 13.7. The number of carbonyl (C=O) groups excluding carboxylic acids is 2. The molecule has 2 heterocycles. The van der Waals surface area contributed by atoms with E-state index < -0.39 is 23.3 Å². The summed E-state index contributed by atoms with van der Waals surface area (Å²) in [7, 11) is 0. The molecule has 0 saturated carbocycles. The largest absolute Gasteiger partial charge is 0.506 e. The number of aromatic hydroxyl groups is 2. The topological polar surface area (TPSA) is 104 Å². The summed E-state index contributed by atoms with van der Waals surface area (Å²) in [6.07, 6.45) is 1.52. The molecule has 1 unspecified atom stereocenters. The van der Waals surface area contributed by atoms with Gasteiger partial charge < -0.3 is 20.1 Å². The van der Waals surface area contributed by atoms with E-state index in [1.165, 1.54) is 47.2 Å². The summed E-state index contributed by atoms with van der Waals surface area (Å²) in [5, 5.41) is 26.0. The van der Waals surface area contributed by atoms with E-state index in [0.717, 1.165) is 0 Å². The van der Waals surface area contributed by atoms with Crippen LogP contribution in [-0.4, -0.2) is 26.7 Å². The number of rotatable bonds is 3. The molecule has 7 nitrogen and oxygen atoms in total. The molecule has 138 valence electrons. The highest BCUT2D eigenvalue weighted by atomic mass is 35.5. The second kappa shape index (κ2) is 5.88. The van der Waals surface area contributed by atoms with Crippen LogP contribution in [0.5, 0.6) is 11.6 Å². The van der Waals surface area contributed by atoms with Crippen molar-refractivity contribution in [1.82, 2.24) is 15.2 Å². The first-order valence-electron chi connectivity index (χ1n) is 7.90. The predicted molar refractivity (Wildman–Crippen MR) is 95.0 cm³/mol. The van der Waals surface area contributed by atoms with Crippen LogP contribution in [0.3, 0.4) is 0 Å². The van der Waals surface area contributed by atoms with Crippen molar-refractivity contribution in [3.8, 4) is 11.6 Å². The maximum atomic E-state index is 13.3. The van der Waals surface area contributed by atoms with E-state index in [-0.39, 0.29) is 23.2 Å². The normalized spacial score (nSPS) is 19.3. The number of amides is 3.